The molecule has 1 aliphatic carbocycles. The highest BCUT2D eigenvalue weighted by atomic mass is 35.5. The molecule has 1 saturated heterocycles. The van der Waals surface area contributed by atoms with E-state index in [0.717, 1.165) is 11.0 Å². The van der Waals surface area contributed by atoms with Gasteiger partial charge in [0.25, 0.3) is 0 Å². The van der Waals surface area contributed by atoms with Crippen LogP contribution in [0.5, 0.6) is 0 Å². The van der Waals surface area contributed by atoms with Crippen molar-refractivity contribution < 1.29 is 17.6 Å². The van der Waals surface area contributed by atoms with Gasteiger partial charge in [-0.15, -0.1) is 0 Å². The van der Waals surface area contributed by atoms with Crippen molar-refractivity contribution in [2.75, 3.05) is 30.3 Å². The van der Waals surface area contributed by atoms with Crippen LogP contribution in [0.15, 0.2) is 59.0 Å². The standard InChI is InChI=1S/C31H31ClFN7O4S/c1-4-24(41)38-13-14-39(18(3)16-38)28-20-15-21(32)26(25-22(33)9-6-10-23(25)34)36-29(20)40(31(42)37-28)27-17(2)11-12-35-30(27)45(43,44)19-7-5-8-19/h4,6,9-12,15,18-19H,1,5,7-8,13-14,16,34H2,2-3H3/t18-/m0/s1. The number of amides is 1. The van der Waals surface area contributed by atoms with Gasteiger partial charge in [-0.2, -0.15) is 4.98 Å². The molecule has 14 heteroatoms. The molecule has 0 bridgehead atoms. The third kappa shape index (κ3) is 5.13. The molecule has 1 atom stereocenters. The number of piperazine rings is 1. The number of nitrogens with two attached hydrogens (primary N) is 1. The van der Waals surface area contributed by atoms with Crippen LogP contribution in [0.3, 0.4) is 0 Å². The van der Waals surface area contributed by atoms with E-state index in [2.05, 4.69) is 16.5 Å². The number of hydrogen-bond acceptors (Lipinski definition) is 9. The first-order valence-electron chi connectivity index (χ1n) is 14.5. The Morgan fingerprint density at radius 3 is 2.60 bits per heavy atom. The van der Waals surface area contributed by atoms with Crippen LogP contribution >= 0.6 is 11.6 Å². The molecule has 1 aliphatic heterocycles. The molecule has 11 nitrogen and oxygen atoms in total. The number of pyridine rings is 2. The van der Waals surface area contributed by atoms with Crippen molar-refractivity contribution in [2.24, 2.45) is 0 Å². The van der Waals surface area contributed by atoms with Crippen LogP contribution in [0.1, 0.15) is 31.7 Å². The minimum absolute atomic E-state index is 0.00464. The van der Waals surface area contributed by atoms with Crippen LogP contribution in [0, 0.1) is 12.7 Å². The largest absolute Gasteiger partial charge is 0.398 e. The zero-order valence-electron chi connectivity index (χ0n) is 24.7. The van der Waals surface area contributed by atoms with Crippen LogP contribution in [0.25, 0.3) is 28.0 Å². The van der Waals surface area contributed by atoms with Crippen LogP contribution in [-0.2, 0) is 14.6 Å². The van der Waals surface area contributed by atoms with Crippen LogP contribution < -0.4 is 16.3 Å². The summed E-state index contributed by atoms with van der Waals surface area (Å²) in [6.45, 7) is 8.15. The number of nitrogen functional groups attached to an aromatic ring is 1. The highest BCUT2D eigenvalue weighted by molar-refractivity contribution is 7.92. The predicted octanol–water partition coefficient (Wildman–Crippen LogP) is 4.08. The summed E-state index contributed by atoms with van der Waals surface area (Å²) in [5, 5.41) is -0.500. The lowest BCUT2D eigenvalue weighted by Gasteiger charge is -2.40. The molecule has 0 radical (unpaired) electrons. The predicted molar refractivity (Wildman–Crippen MR) is 171 cm³/mol. The van der Waals surface area contributed by atoms with Gasteiger partial charge in [0.2, 0.25) is 15.7 Å². The Labute approximate surface area is 264 Å². The van der Waals surface area contributed by atoms with E-state index < -0.39 is 26.6 Å². The first-order chi connectivity index (χ1) is 21.4. The van der Waals surface area contributed by atoms with Gasteiger partial charge in [-0.25, -0.2) is 32.1 Å². The molecule has 4 heterocycles. The zero-order valence-corrected chi connectivity index (χ0v) is 26.3. The molecule has 6 rings (SSSR count). The van der Waals surface area contributed by atoms with Crippen LogP contribution in [0.2, 0.25) is 5.02 Å². The minimum atomic E-state index is -3.92. The molecule has 0 spiro atoms. The Morgan fingerprint density at radius 2 is 1.96 bits per heavy atom. The Kier molecular flexibility index (Phi) is 7.86. The molecular weight excluding hydrogens is 621 g/mol. The first-order valence-corrected chi connectivity index (χ1v) is 16.4. The van der Waals surface area contributed by atoms with Gasteiger partial charge in [0, 0.05) is 37.6 Å². The first kappa shape index (κ1) is 30.7. The highest BCUT2D eigenvalue weighted by Crippen LogP contribution is 2.39. The number of hydrogen-bond donors (Lipinski definition) is 1. The summed E-state index contributed by atoms with van der Waals surface area (Å²) in [5.41, 5.74) is 5.83. The molecule has 4 aromatic rings. The second kappa shape index (κ2) is 11.5. The maximum Gasteiger partial charge on any atom is 0.355 e. The summed E-state index contributed by atoms with van der Waals surface area (Å²) in [6, 6.07) is 7.04. The average molecular weight is 652 g/mol. The smallest absolute Gasteiger partial charge is 0.355 e. The SMILES string of the molecule is C=CC(=O)N1CCN(c2nc(=O)n(-c3c(C)ccnc3S(=O)(=O)C3CCC3)c3nc(-c4c(N)cccc4F)c(Cl)cc23)[C@@H](C)C1. The Bertz CT molecular complexity index is 2030. The summed E-state index contributed by atoms with van der Waals surface area (Å²) < 4.78 is 43.8. The third-order valence-corrected chi connectivity index (χ3v) is 11.0. The molecule has 234 valence electrons. The van der Waals surface area contributed by atoms with Gasteiger partial charge in [0.05, 0.1) is 32.6 Å². The quantitative estimate of drug-likeness (QED) is 0.241. The number of halogens is 2. The Hall–Kier alpha value is -4.36. The van der Waals surface area contributed by atoms with Gasteiger partial charge < -0.3 is 15.5 Å². The van der Waals surface area contributed by atoms with Gasteiger partial charge in [-0.3, -0.25) is 4.79 Å². The summed E-state index contributed by atoms with van der Waals surface area (Å²) in [6.07, 6.45) is 4.41. The van der Waals surface area contributed by atoms with Crippen molar-refractivity contribution >= 4 is 49.9 Å². The monoisotopic (exact) mass is 651 g/mol. The fraction of sp³-hybridized carbons (Fsp3) is 0.323. The van der Waals surface area contributed by atoms with Gasteiger partial charge in [-0.05, 0) is 62.6 Å². The van der Waals surface area contributed by atoms with E-state index in [1.54, 1.807) is 17.9 Å². The van der Waals surface area contributed by atoms with Crippen molar-refractivity contribution in [3.63, 3.8) is 0 Å². The molecule has 45 heavy (non-hydrogen) atoms. The van der Waals surface area contributed by atoms with Crippen molar-refractivity contribution in [3.05, 3.63) is 76.1 Å². The average Bonchev–Trinajstić information content (AvgIpc) is 2.96. The van der Waals surface area contributed by atoms with Crippen molar-refractivity contribution in [1.29, 1.82) is 0 Å². The molecule has 1 aromatic carbocycles. The number of sulfone groups is 1. The molecule has 1 saturated carbocycles. The van der Waals surface area contributed by atoms with Gasteiger partial charge in [-0.1, -0.05) is 30.7 Å². The normalized spacial score (nSPS) is 17.4. The van der Waals surface area contributed by atoms with Gasteiger partial charge >= 0.3 is 5.69 Å². The number of anilines is 2. The number of aromatic nitrogens is 4. The number of rotatable bonds is 6. The molecule has 0 unspecified atom stereocenters. The van der Waals surface area contributed by atoms with E-state index in [0.29, 0.717) is 43.4 Å². The minimum Gasteiger partial charge on any atom is -0.398 e. The molecule has 2 aliphatic rings. The maximum absolute atomic E-state index is 15.2. The molecular formula is C31H31ClFN7O4S. The topological polar surface area (TPSA) is 144 Å². The van der Waals surface area contributed by atoms with E-state index in [4.69, 9.17) is 22.3 Å². The maximum atomic E-state index is 15.2. The lowest BCUT2D eigenvalue weighted by molar-refractivity contribution is -0.126. The zero-order chi connectivity index (χ0) is 32.2. The second-order valence-electron chi connectivity index (χ2n) is 11.4. The Morgan fingerprint density at radius 1 is 1.20 bits per heavy atom. The summed E-state index contributed by atoms with van der Waals surface area (Å²) in [5.74, 6) is -0.634. The molecule has 1 amide bonds. The van der Waals surface area contributed by atoms with Crippen molar-refractivity contribution in [3.8, 4) is 16.9 Å². The number of carbonyl (C=O) groups excluding carboxylic acids is 1. The van der Waals surface area contributed by atoms with E-state index >= 15 is 4.39 Å². The van der Waals surface area contributed by atoms with Crippen molar-refractivity contribution in [2.45, 2.75) is 49.4 Å². The Balaban J connectivity index is 1.66. The number of fused-ring (bicyclic) bond motifs is 1. The lowest BCUT2D eigenvalue weighted by atomic mass is 10.00. The van der Waals surface area contributed by atoms with Crippen LogP contribution in [0.4, 0.5) is 15.9 Å². The highest BCUT2D eigenvalue weighted by Gasteiger charge is 2.37. The molecule has 2 fully saturated rings. The van der Waals surface area contributed by atoms with Crippen LogP contribution in [-0.4, -0.2) is 69.7 Å². The van der Waals surface area contributed by atoms with Gasteiger partial charge in [0.1, 0.15) is 11.6 Å². The summed E-state index contributed by atoms with van der Waals surface area (Å²) in [4.78, 5) is 43.4. The van der Waals surface area contributed by atoms with Crippen molar-refractivity contribution in [1.82, 2.24) is 24.4 Å². The lowest BCUT2D eigenvalue weighted by Crippen LogP contribution is -2.54. The van der Waals surface area contributed by atoms with E-state index in [1.807, 2.05) is 11.8 Å². The third-order valence-electron chi connectivity index (χ3n) is 8.55. The van der Waals surface area contributed by atoms with E-state index in [-0.39, 0.29) is 56.1 Å². The number of carbonyl (C=O) groups is 1. The number of aryl methyl sites for hydroxylation is 1. The number of nitrogens with zero attached hydrogens (tertiary/aromatic N) is 6. The summed E-state index contributed by atoms with van der Waals surface area (Å²) in [7, 11) is -3.92. The fourth-order valence-electron chi connectivity index (χ4n) is 5.94. The summed E-state index contributed by atoms with van der Waals surface area (Å²) >= 11 is 6.76. The molecule has 3 aromatic heterocycles. The fourth-order valence-corrected chi connectivity index (χ4v) is 8.18. The number of benzene rings is 1. The molecule has 2 N–H and O–H groups in total. The van der Waals surface area contributed by atoms with Gasteiger partial charge in [0.15, 0.2) is 10.7 Å². The second-order valence-corrected chi connectivity index (χ2v) is 13.9. The van der Waals surface area contributed by atoms with E-state index in [9.17, 15) is 18.0 Å². The van der Waals surface area contributed by atoms with E-state index in [1.165, 1.54) is 36.5 Å².